The van der Waals surface area contributed by atoms with Crippen LogP contribution in [0.1, 0.15) is 24.5 Å². The molecule has 1 fully saturated rings. The van der Waals surface area contributed by atoms with Gasteiger partial charge in [-0.05, 0) is 25.5 Å². The molecule has 15 heavy (non-hydrogen) atoms. The summed E-state index contributed by atoms with van der Waals surface area (Å²) in [6.45, 7) is 1.91. The van der Waals surface area contributed by atoms with Crippen molar-refractivity contribution < 1.29 is 5.11 Å². The SMILES string of the molecule is OC1c2ccccc2NC12CCCNC2. The number of benzene rings is 1. The number of para-hydroxylation sites is 1. The lowest BCUT2D eigenvalue weighted by Gasteiger charge is -2.37. The van der Waals surface area contributed by atoms with E-state index in [1.807, 2.05) is 24.3 Å². The molecular weight excluding hydrogens is 188 g/mol. The fraction of sp³-hybridized carbons (Fsp3) is 0.500. The molecule has 1 aromatic carbocycles. The molecule has 2 aliphatic rings. The lowest BCUT2D eigenvalue weighted by atomic mass is 9.85. The molecule has 0 saturated carbocycles. The maximum absolute atomic E-state index is 10.4. The Hall–Kier alpha value is -1.06. The van der Waals surface area contributed by atoms with Crippen LogP contribution < -0.4 is 10.6 Å². The lowest BCUT2D eigenvalue weighted by Crippen LogP contribution is -2.52. The summed E-state index contributed by atoms with van der Waals surface area (Å²) in [5.41, 5.74) is 1.97. The maximum Gasteiger partial charge on any atom is 0.105 e. The van der Waals surface area contributed by atoms with Crippen LogP contribution in [-0.2, 0) is 0 Å². The highest BCUT2D eigenvalue weighted by Crippen LogP contribution is 2.43. The van der Waals surface area contributed by atoms with Crippen molar-refractivity contribution in [3.05, 3.63) is 29.8 Å². The van der Waals surface area contributed by atoms with Crippen LogP contribution in [0.5, 0.6) is 0 Å². The molecule has 0 bridgehead atoms. The quantitative estimate of drug-likeness (QED) is 0.596. The van der Waals surface area contributed by atoms with Crippen molar-refractivity contribution in [2.75, 3.05) is 18.4 Å². The van der Waals surface area contributed by atoms with Crippen LogP contribution in [0.25, 0.3) is 0 Å². The molecule has 0 radical (unpaired) electrons. The Kier molecular flexibility index (Phi) is 1.97. The number of aliphatic hydroxyl groups excluding tert-OH is 1. The van der Waals surface area contributed by atoms with E-state index in [9.17, 15) is 5.11 Å². The minimum atomic E-state index is -0.374. The summed E-state index contributed by atoms with van der Waals surface area (Å²) in [4.78, 5) is 0. The molecule has 3 nitrogen and oxygen atoms in total. The molecule has 0 amide bonds. The fourth-order valence-corrected chi connectivity index (χ4v) is 2.75. The highest BCUT2D eigenvalue weighted by atomic mass is 16.3. The summed E-state index contributed by atoms with van der Waals surface area (Å²) in [5.74, 6) is 0. The summed E-state index contributed by atoms with van der Waals surface area (Å²) >= 11 is 0. The molecule has 0 aromatic heterocycles. The van der Waals surface area contributed by atoms with Gasteiger partial charge < -0.3 is 15.7 Å². The molecule has 1 aromatic rings. The van der Waals surface area contributed by atoms with Gasteiger partial charge in [-0.2, -0.15) is 0 Å². The Labute approximate surface area is 89.5 Å². The first-order chi connectivity index (χ1) is 7.32. The normalized spacial score (nSPS) is 33.8. The summed E-state index contributed by atoms with van der Waals surface area (Å²) in [6, 6.07) is 8.05. The zero-order valence-corrected chi connectivity index (χ0v) is 8.66. The van der Waals surface area contributed by atoms with Crippen molar-refractivity contribution in [1.82, 2.24) is 5.32 Å². The Morgan fingerprint density at radius 2 is 2.20 bits per heavy atom. The second-order valence-corrected chi connectivity index (χ2v) is 4.55. The number of hydrogen-bond donors (Lipinski definition) is 3. The number of hydrogen-bond acceptors (Lipinski definition) is 3. The van der Waals surface area contributed by atoms with Gasteiger partial charge in [0.2, 0.25) is 0 Å². The van der Waals surface area contributed by atoms with Gasteiger partial charge in [0.15, 0.2) is 0 Å². The molecule has 3 heteroatoms. The smallest absolute Gasteiger partial charge is 0.105 e. The maximum atomic E-state index is 10.4. The first-order valence-corrected chi connectivity index (χ1v) is 5.58. The highest BCUT2D eigenvalue weighted by molar-refractivity contribution is 5.61. The third-order valence-corrected chi connectivity index (χ3v) is 3.58. The van der Waals surface area contributed by atoms with Crippen molar-refractivity contribution in [2.24, 2.45) is 0 Å². The molecule has 2 aliphatic heterocycles. The molecule has 80 valence electrons. The van der Waals surface area contributed by atoms with E-state index in [4.69, 9.17) is 0 Å². The molecule has 1 saturated heterocycles. The van der Waals surface area contributed by atoms with Crippen molar-refractivity contribution in [2.45, 2.75) is 24.5 Å². The van der Waals surface area contributed by atoms with Crippen LogP contribution >= 0.6 is 0 Å². The zero-order valence-electron chi connectivity index (χ0n) is 8.66. The fourth-order valence-electron chi connectivity index (χ4n) is 2.75. The number of anilines is 1. The minimum Gasteiger partial charge on any atom is -0.386 e. The van der Waals surface area contributed by atoms with Crippen LogP contribution in [0.15, 0.2) is 24.3 Å². The van der Waals surface area contributed by atoms with Gasteiger partial charge in [-0.25, -0.2) is 0 Å². The molecule has 2 heterocycles. The van der Waals surface area contributed by atoms with Gasteiger partial charge in [0.05, 0.1) is 5.54 Å². The van der Waals surface area contributed by atoms with Crippen LogP contribution in [0.4, 0.5) is 5.69 Å². The standard InChI is InChI=1S/C12H16N2O/c15-11-9-4-1-2-5-10(9)14-12(11)6-3-7-13-8-12/h1-2,4-5,11,13-15H,3,6-8H2. The van der Waals surface area contributed by atoms with Gasteiger partial charge in [0, 0.05) is 17.8 Å². The van der Waals surface area contributed by atoms with Gasteiger partial charge >= 0.3 is 0 Å². The Balaban J connectivity index is 1.98. The lowest BCUT2D eigenvalue weighted by molar-refractivity contribution is 0.0906. The summed E-state index contributed by atoms with van der Waals surface area (Å²) in [7, 11) is 0. The van der Waals surface area contributed by atoms with Gasteiger partial charge in [0.1, 0.15) is 6.10 Å². The monoisotopic (exact) mass is 204 g/mol. The van der Waals surface area contributed by atoms with Gasteiger partial charge in [-0.1, -0.05) is 18.2 Å². The zero-order chi connectivity index (χ0) is 10.3. The van der Waals surface area contributed by atoms with Crippen molar-refractivity contribution in [1.29, 1.82) is 0 Å². The number of rotatable bonds is 0. The summed E-state index contributed by atoms with van der Waals surface area (Å²) < 4.78 is 0. The van der Waals surface area contributed by atoms with E-state index in [1.54, 1.807) is 0 Å². The van der Waals surface area contributed by atoms with Crippen LogP contribution in [-0.4, -0.2) is 23.7 Å². The number of piperidine rings is 1. The van der Waals surface area contributed by atoms with Crippen LogP contribution in [0.2, 0.25) is 0 Å². The van der Waals surface area contributed by atoms with E-state index in [1.165, 1.54) is 0 Å². The molecule has 3 rings (SSSR count). The molecule has 3 N–H and O–H groups in total. The third kappa shape index (κ3) is 1.27. The van der Waals surface area contributed by atoms with Gasteiger partial charge in [-0.15, -0.1) is 0 Å². The highest BCUT2D eigenvalue weighted by Gasteiger charge is 2.45. The second kappa shape index (κ2) is 3.22. The topological polar surface area (TPSA) is 44.3 Å². The molecular formula is C12H16N2O. The first kappa shape index (κ1) is 9.19. The van der Waals surface area contributed by atoms with Crippen molar-refractivity contribution in [3.8, 4) is 0 Å². The molecule has 2 atom stereocenters. The van der Waals surface area contributed by atoms with Gasteiger partial charge in [0.25, 0.3) is 0 Å². The third-order valence-electron chi connectivity index (χ3n) is 3.58. The molecule has 0 aliphatic carbocycles. The largest absolute Gasteiger partial charge is 0.386 e. The molecule has 1 spiro atoms. The predicted molar refractivity (Wildman–Crippen MR) is 59.9 cm³/mol. The predicted octanol–water partition coefficient (Wildman–Crippen LogP) is 1.27. The Morgan fingerprint density at radius 1 is 1.33 bits per heavy atom. The van der Waals surface area contributed by atoms with Crippen molar-refractivity contribution >= 4 is 5.69 Å². The average Bonchev–Trinajstić information content (AvgIpc) is 2.54. The van der Waals surface area contributed by atoms with E-state index < -0.39 is 0 Å². The van der Waals surface area contributed by atoms with Crippen LogP contribution in [0.3, 0.4) is 0 Å². The average molecular weight is 204 g/mol. The van der Waals surface area contributed by atoms with E-state index >= 15 is 0 Å². The second-order valence-electron chi connectivity index (χ2n) is 4.55. The van der Waals surface area contributed by atoms with E-state index in [-0.39, 0.29) is 11.6 Å². The van der Waals surface area contributed by atoms with Crippen LogP contribution in [0, 0.1) is 0 Å². The van der Waals surface area contributed by atoms with E-state index in [0.29, 0.717) is 0 Å². The van der Waals surface area contributed by atoms with E-state index in [2.05, 4.69) is 10.6 Å². The number of aliphatic hydroxyl groups is 1. The Morgan fingerprint density at radius 3 is 2.93 bits per heavy atom. The Bertz CT molecular complexity index is 372. The van der Waals surface area contributed by atoms with Crippen molar-refractivity contribution in [3.63, 3.8) is 0 Å². The van der Waals surface area contributed by atoms with Gasteiger partial charge in [-0.3, -0.25) is 0 Å². The minimum absolute atomic E-state index is 0.165. The summed E-state index contributed by atoms with van der Waals surface area (Å²) in [5, 5.41) is 17.2. The molecule has 2 unspecified atom stereocenters. The first-order valence-electron chi connectivity index (χ1n) is 5.58. The summed E-state index contributed by atoms with van der Waals surface area (Å²) in [6.07, 6.45) is 1.79. The number of nitrogens with one attached hydrogen (secondary N) is 2. The number of fused-ring (bicyclic) bond motifs is 1. The van der Waals surface area contributed by atoms with E-state index in [0.717, 1.165) is 37.2 Å².